The van der Waals surface area contributed by atoms with Crippen molar-refractivity contribution in [2.24, 2.45) is 0 Å². The zero-order valence-corrected chi connectivity index (χ0v) is 8.28. The molecule has 0 saturated carbocycles. The highest BCUT2D eigenvalue weighted by molar-refractivity contribution is 9.10. The topological polar surface area (TPSA) is 33.0 Å². The minimum atomic E-state index is -0.425. The number of methoxy groups -OCH3 is 1. The van der Waals surface area contributed by atoms with E-state index in [4.69, 9.17) is 10.00 Å². The highest BCUT2D eigenvalue weighted by atomic mass is 79.9. The van der Waals surface area contributed by atoms with E-state index < -0.39 is 6.10 Å². The number of rotatable bonds is 2. The second kappa shape index (κ2) is 3.86. The van der Waals surface area contributed by atoms with E-state index in [-0.39, 0.29) is 0 Å². The molecule has 4 heteroatoms. The number of hydrogen-bond acceptors (Lipinski definition) is 3. The maximum Gasteiger partial charge on any atom is 0.177 e. The van der Waals surface area contributed by atoms with Crippen LogP contribution in [-0.4, -0.2) is 7.11 Å². The van der Waals surface area contributed by atoms with Crippen LogP contribution in [0, 0.1) is 11.3 Å². The van der Waals surface area contributed by atoms with Gasteiger partial charge in [-0.1, -0.05) is 0 Å². The molecule has 0 spiro atoms. The van der Waals surface area contributed by atoms with Crippen LogP contribution in [0.4, 0.5) is 0 Å². The van der Waals surface area contributed by atoms with Crippen molar-refractivity contribution in [3.63, 3.8) is 0 Å². The summed E-state index contributed by atoms with van der Waals surface area (Å²) in [6.45, 7) is 0. The summed E-state index contributed by atoms with van der Waals surface area (Å²) in [7, 11) is 1.53. The fourth-order valence-corrected chi connectivity index (χ4v) is 2.16. The Balaban J connectivity index is 2.84. The number of nitrogens with zero attached hydrogens (tertiary/aromatic N) is 1. The van der Waals surface area contributed by atoms with Crippen molar-refractivity contribution in [3.8, 4) is 6.07 Å². The van der Waals surface area contributed by atoms with Crippen LogP contribution in [0.1, 0.15) is 11.0 Å². The van der Waals surface area contributed by atoms with Gasteiger partial charge in [-0.05, 0) is 22.0 Å². The molecule has 1 heterocycles. The Labute approximate surface area is 77.5 Å². The van der Waals surface area contributed by atoms with E-state index in [1.165, 1.54) is 18.4 Å². The van der Waals surface area contributed by atoms with E-state index in [9.17, 15) is 0 Å². The van der Waals surface area contributed by atoms with Crippen LogP contribution >= 0.6 is 27.3 Å². The van der Waals surface area contributed by atoms with Gasteiger partial charge in [-0.25, -0.2) is 0 Å². The molecule has 0 N–H and O–H groups in total. The molecule has 1 aromatic heterocycles. The molecule has 1 rings (SSSR count). The third kappa shape index (κ3) is 2.03. The number of hydrogen-bond donors (Lipinski definition) is 0. The number of thiophene rings is 1. The number of halogens is 1. The Morgan fingerprint density at radius 2 is 2.55 bits per heavy atom. The molecule has 11 heavy (non-hydrogen) atoms. The Hall–Kier alpha value is -0.370. The molecule has 0 saturated heterocycles. The van der Waals surface area contributed by atoms with E-state index >= 15 is 0 Å². The first-order valence-corrected chi connectivity index (χ1v) is 4.61. The molecule has 0 bridgehead atoms. The molecule has 1 atom stereocenters. The Morgan fingerprint density at radius 1 is 1.82 bits per heavy atom. The number of ether oxygens (including phenoxy) is 1. The molecule has 1 aromatic rings. The van der Waals surface area contributed by atoms with Crippen LogP contribution in [0.15, 0.2) is 15.9 Å². The van der Waals surface area contributed by atoms with Crippen LogP contribution in [0.5, 0.6) is 0 Å². The summed E-state index contributed by atoms with van der Waals surface area (Å²) in [5.74, 6) is 0. The third-order valence-corrected chi connectivity index (χ3v) is 2.94. The molecule has 2 nitrogen and oxygen atoms in total. The molecule has 1 unspecified atom stereocenters. The molecule has 0 fully saturated rings. The van der Waals surface area contributed by atoms with Gasteiger partial charge in [-0.2, -0.15) is 5.26 Å². The smallest absolute Gasteiger partial charge is 0.177 e. The van der Waals surface area contributed by atoms with E-state index in [2.05, 4.69) is 15.9 Å². The Kier molecular flexibility index (Phi) is 3.06. The van der Waals surface area contributed by atoms with Crippen molar-refractivity contribution < 1.29 is 4.74 Å². The van der Waals surface area contributed by atoms with Crippen molar-refractivity contribution in [1.82, 2.24) is 0 Å². The minimum absolute atomic E-state index is 0.425. The normalized spacial score (nSPS) is 12.5. The van der Waals surface area contributed by atoms with E-state index in [1.54, 1.807) is 0 Å². The van der Waals surface area contributed by atoms with Crippen molar-refractivity contribution in [2.75, 3.05) is 7.11 Å². The van der Waals surface area contributed by atoms with Crippen molar-refractivity contribution in [2.45, 2.75) is 6.10 Å². The van der Waals surface area contributed by atoms with Gasteiger partial charge in [0.05, 0.1) is 0 Å². The molecule has 0 radical (unpaired) electrons. The van der Waals surface area contributed by atoms with E-state index in [1.807, 2.05) is 17.5 Å². The highest BCUT2D eigenvalue weighted by Gasteiger charge is 2.10. The number of nitriles is 1. The minimum Gasteiger partial charge on any atom is -0.361 e. The second-order valence-corrected chi connectivity index (χ2v) is 3.77. The van der Waals surface area contributed by atoms with Crippen LogP contribution in [-0.2, 0) is 4.74 Å². The van der Waals surface area contributed by atoms with Gasteiger partial charge < -0.3 is 4.74 Å². The standard InChI is InChI=1S/C7H6BrNOS/c1-10-6(3-9)7-2-5(8)4-11-7/h2,4,6H,1H3. The highest BCUT2D eigenvalue weighted by Crippen LogP contribution is 2.26. The van der Waals surface area contributed by atoms with Crippen LogP contribution < -0.4 is 0 Å². The molecule has 0 aliphatic carbocycles. The first-order chi connectivity index (χ1) is 5.27. The van der Waals surface area contributed by atoms with Crippen LogP contribution in [0.3, 0.4) is 0 Å². The molecule has 0 aromatic carbocycles. The molecule has 0 amide bonds. The summed E-state index contributed by atoms with van der Waals surface area (Å²) < 4.78 is 5.92. The largest absolute Gasteiger partial charge is 0.361 e. The predicted octanol–water partition coefficient (Wildman–Crippen LogP) is 2.72. The van der Waals surface area contributed by atoms with Gasteiger partial charge in [0, 0.05) is 21.8 Å². The SMILES string of the molecule is COC(C#N)c1cc(Br)cs1. The zero-order chi connectivity index (χ0) is 8.27. The van der Waals surface area contributed by atoms with Crippen molar-refractivity contribution in [3.05, 3.63) is 20.8 Å². The summed E-state index contributed by atoms with van der Waals surface area (Å²) in [5.41, 5.74) is 0. The van der Waals surface area contributed by atoms with Gasteiger partial charge in [0.1, 0.15) is 6.07 Å². The van der Waals surface area contributed by atoms with Gasteiger partial charge in [-0.3, -0.25) is 0 Å². The lowest BCUT2D eigenvalue weighted by Gasteiger charge is -2.01. The lowest BCUT2D eigenvalue weighted by Crippen LogP contribution is -1.93. The van der Waals surface area contributed by atoms with Crippen molar-refractivity contribution in [1.29, 1.82) is 5.26 Å². The molecule has 0 aliphatic rings. The summed E-state index contributed by atoms with van der Waals surface area (Å²) in [5, 5.41) is 10.5. The quantitative estimate of drug-likeness (QED) is 0.785. The van der Waals surface area contributed by atoms with Gasteiger partial charge in [0.25, 0.3) is 0 Å². The Morgan fingerprint density at radius 3 is 2.91 bits per heavy atom. The van der Waals surface area contributed by atoms with Crippen LogP contribution in [0.25, 0.3) is 0 Å². The monoisotopic (exact) mass is 231 g/mol. The maximum atomic E-state index is 8.61. The lowest BCUT2D eigenvalue weighted by atomic mass is 10.3. The average molecular weight is 232 g/mol. The molecule has 0 aliphatic heterocycles. The zero-order valence-electron chi connectivity index (χ0n) is 5.87. The van der Waals surface area contributed by atoms with Gasteiger partial charge in [-0.15, -0.1) is 11.3 Å². The fourth-order valence-electron chi connectivity index (χ4n) is 0.698. The summed E-state index contributed by atoms with van der Waals surface area (Å²) >= 11 is 4.82. The first-order valence-electron chi connectivity index (χ1n) is 2.94. The molecular weight excluding hydrogens is 226 g/mol. The maximum absolute atomic E-state index is 8.61. The third-order valence-electron chi connectivity index (χ3n) is 1.20. The summed E-state index contributed by atoms with van der Waals surface area (Å²) in [6, 6.07) is 3.94. The summed E-state index contributed by atoms with van der Waals surface area (Å²) in [4.78, 5) is 0.932. The second-order valence-electron chi connectivity index (χ2n) is 1.91. The molecular formula is C7H6BrNOS. The fraction of sp³-hybridized carbons (Fsp3) is 0.286. The van der Waals surface area contributed by atoms with Crippen LogP contribution in [0.2, 0.25) is 0 Å². The lowest BCUT2D eigenvalue weighted by molar-refractivity contribution is 0.151. The van der Waals surface area contributed by atoms with Gasteiger partial charge >= 0.3 is 0 Å². The predicted molar refractivity (Wildman–Crippen MR) is 47.4 cm³/mol. The average Bonchev–Trinajstić information content (AvgIpc) is 2.39. The van der Waals surface area contributed by atoms with E-state index in [0.717, 1.165) is 9.35 Å². The summed E-state index contributed by atoms with van der Waals surface area (Å²) in [6.07, 6.45) is -0.425. The molecule has 58 valence electrons. The Bertz CT molecular complexity index is 278. The van der Waals surface area contributed by atoms with E-state index in [0.29, 0.717) is 0 Å². The van der Waals surface area contributed by atoms with Crippen molar-refractivity contribution >= 4 is 27.3 Å². The van der Waals surface area contributed by atoms with Gasteiger partial charge in [0.2, 0.25) is 0 Å². The van der Waals surface area contributed by atoms with Gasteiger partial charge in [0.15, 0.2) is 6.10 Å². The first kappa shape index (κ1) is 8.72.